The quantitative estimate of drug-likeness (QED) is 0.128. The smallest absolute Gasteiger partial charge is 0.123 e. The summed E-state index contributed by atoms with van der Waals surface area (Å²) in [6.45, 7) is 15.8. The van der Waals surface area contributed by atoms with E-state index in [2.05, 4.69) is 161 Å². The summed E-state index contributed by atoms with van der Waals surface area (Å²) in [7, 11) is 0. The van der Waals surface area contributed by atoms with E-state index in [0.717, 1.165) is 69.1 Å². The van der Waals surface area contributed by atoms with Gasteiger partial charge >= 0.3 is 0 Å². The SMILES string of the molecule is CC(C)CN(c1ccccc1)c1ccc(-c2c(N)c(N)c(-c3ccc(N(CC(C)C)c4ccccc4)cc3)c3nn(CC(C)C)nc23)cc1. The van der Waals surface area contributed by atoms with Crippen molar-refractivity contribution in [3.63, 3.8) is 0 Å². The number of hydrogen-bond donors (Lipinski definition) is 2. The van der Waals surface area contributed by atoms with Gasteiger partial charge < -0.3 is 21.3 Å². The van der Waals surface area contributed by atoms with E-state index in [4.69, 9.17) is 21.7 Å². The molecule has 4 N–H and O–H groups in total. The first-order valence-corrected chi connectivity index (χ1v) is 17.4. The highest BCUT2D eigenvalue weighted by Gasteiger charge is 2.24. The molecular weight excluding hydrogens is 603 g/mol. The molecule has 0 fully saturated rings. The van der Waals surface area contributed by atoms with Crippen LogP contribution < -0.4 is 21.3 Å². The van der Waals surface area contributed by atoms with Crippen LogP contribution in [0.25, 0.3) is 33.3 Å². The van der Waals surface area contributed by atoms with Gasteiger partial charge in [-0.3, -0.25) is 0 Å². The number of anilines is 6. The molecule has 49 heavy (non-hydrogen) atoms. The fraction of sp³-hybridized carbons (Fsp3) is 0.286. The first kappa shape index (κ1) is 33.6. The highest BCUT2D eigenvalue weighted by atomic mass is 15.5. The molecule has 7 heteroatoms. The average Bonchev–Trinajstić information content (AvgIpc) is 3.49. The third-order valence-corrected chi connectivity index (χ3v) is 8.65. The van der Waals surface area contributed by atoms with Crippen molar-refractivity contribution >= 4 is 45.2 Å². The van der Waals surface area contributed by atoms with E-state index >= 15 is 0 Å². The van der Waals surface area contributed by atoms with Crippen molar-refractivity contribution in [1.82, 2.24) is 15.0 Å². The topological polar surface area (TPSA) is 89.2 Å². The van der Waals surface area contributed by atoms with E-state index < -0.39 is 0 Å². The highest BCUT2D eigenvalue weighted by molar-refractivity contribution is 6.12. The van der Waals surface area contributed by atoms with Crippen LogP contribution in [-0.4, -0.2) is 28.1 Å². The summed E-state index contributed by atoms with van der Waals surface area (Å²) in [5, 5.41) is 10.1. The lowest BCUT2D eigenvalue weighted by Gasteiger charge is -2.27. The molecule has 0 amide bonds. The van der Waals surface area contributed by atoms with Crippen LogP contribution in [0.5, 0.6) is 0 Å². The molecule has 0 unspecified atom stereocenters. The van der Waals surface area contributed by atoms with Crippen molar-refractivity contribution in [3.05, 3.63) is 109 Å². The minimum Gasteiger partial charge on any atom is -0.396 e. The van der Waals surface area contributed by atoms with Gasteiger partial charge in [0, 0.05) is 47.0 Å². The lowest BCUT2D eigenvalue weighted by Crippen LogP contribution is -2.22. The van der Waals surface area contributed by atoms with E-state index in [1.165, 1.54) is 0 Å². The standard InChI is InChI=1S/C42H49N7/c1-28(2)25-47(33-13-9-7-10-14-33)35-21-17-31(18-22-35)37-39(43)40(44)38(42-41(37)45-49(46-42)27-30(5)6)32-19-23-36(24-20-32)48(26-29(3)4)34-15-11-8-12-16-34/h7-24,28-30H,25-27,43-44H2,1-6H3. The summed E-state index contributed by atoms with van der Waals surface area (Å²) >= 11 is 0. The maximum absolute atomic E-state index is 6.97. The van der Waals surface area contributed by atoms with Crippen molar-refractivity contribution in [3.8, 4) is 22.3 Å². The Morgan fingerprint density at radius 3 is 1.16 bits per heavy atom. The maximum atomic E-state index is 6.97. The molecule has 0 atom stereocenters. The van der Waals surface area contributed by atoms with Crippen LogP contribution in [0.4, 0.5) is 34.1 Å². The summed E-state index contributed by atoms with van der Waals surface area (Å²) in [5.41, 5.74) is 24.6. The fourth-order valence-electron chi connectivity index (χ4n) is 6.48. The number of fused-ring (bicyclic) bond motifs is 1. The van der Waals surface area contributed by atoms with Gasteiger partial charge in [0.15, 0.2) is 0 Å². The maximum Gasteiger partial charge on any atom is 0.123 e. The van der Waals surface area contributed by atoms with Crippen LogP contribution >= 0.6 is 0 Å². The van der Waals surface area contributed by atoms with Gasteiger partial charge in [-0.25, -0.2) is 0 Å². The Morgan fingerprint density at radius 1 is 0.490 bits per heavy atom. The van der Waals surface area contributed by atoms with Crippen molar-refractivity contribution in [2.24, 2.45) is 17.8 Å². The second-order valence-electron chi connectivity index (χ2n) is 14.2. The molecule has 0 aliphatic carbocycles. The summed E-state index contributed by atoms with van der Waals surface area (Å²) in [4.78, 5) is 6.50. The van der Waals surface area contributed by atoms with Crippen LogP contribution in [0.2, 0.25) is 0 Å². The lowest BCUT2D eigenvalue weighted by molar-refractivity contribution is 0.442. The Balaban J connectivity index is 1.44. The molecule has 5 aromatic carbocycles. The summed E-state index contributed by atoms with van der Waals surface area (Å²) in [5.74, 6) is 1.35. The Labute approximate surface area is 291 Å². The molecule has 6 aromatic rings. The van der Waals surface area contributed by atoms with E-state index in [-0.39, 0.29) is 0 Å². The van der Waals surface area contributed by atoms with Gasteiger partial charge in [-0.1, -0.05) is 102 Å². The molecule has 7 nitrogen and oxygen atoms in total. The number of nitrogens with zero attached hydrogens (tertiary/aromatic N) is 5. The first-order valence-electron chi connectivity index (χ1n) is 17.4. The molecule has 1 heterocycles. The van der Waals surface area contributed by atoms with Crippen LogP contribution in [0.3, 0.4) is 0 Å². The molecule has 252 valence electrons. The first-order chi connectivity index (χ1) is 23.6. The lowest BCUT2D eigenvalue weighted by atomic mass is 9.93. The fourth-order valence-corrected chi connectivity index (χ4v) is 6.48. The number of benzene rings is 5. The Morgan fingerprint density at radius 2 is 0.837 bits per heavy atom. The molecule has 0 saturated heterocycles. The van der Waals surface area contributed by atoms with Crippen molar-refractivity contribution in [1.29, 1.82) is 0 Å². The zero-order valence-electron chi connectivity index (χ0n) is 29.6. The van der Waals surface area contributed by atoms with E-state index in [9.17, 15) is 0 Å². The molecule has 0 spiro atoms. The normalized spacial score (nSPS) is 11.6. The van der Waals surface area contributed by atoms with Gasteiger partial charge in [0.05, 0.1) is 17.9 Å². The van der Waals surface area contributed by atoms with Gasteiger partial charge in [-0.2, -0.15) is 15.0 Å². The Bertz CT molecular complexity index is 1840. The van der Waals surface area contributed by atoms with E-state index in [1.807, 2.05) is 0 Å². The zero-order chi connectivity index (χ0) is 34.7. The predicted octanol–water partition coefficient (Wildman–Crippen LogP) is 10.2. The van der Waals surface area contributed by atoms with E-state index in [0.29, 0.717) is 35.7 Å². The largest absolute Gasteiger partial charge is 0.396 e. The third kappa shape index (κ3) is 7.26. The number of hydrogen-bond acceptors (Lipinski definition) is 6. The van der Waals surface area contributed by atoms with Gasteiger partial charge in [0.1, 0.15) is 11.0 Å². The Kier molecular flexibility index (Phi) is 9.90. The number of para-hydroxylation sites is 2. The average molecular weight is 652 g/mol. The molecule has 0 aliphatic heterocycles. The minimum atomic E-state index is 0.372. The third-order valence-electron chi connectivity index (χ3n) is 8.65. The molecule has 0 saturated carbocycles. The van der Waals surface area contributed by atoms with Crippen molar-refractivity contribution in [2.75, 3.05) is 34.4 Å². The minimum absolute atomic E-state index is 0.372. The van der Waals surface area contributed by atoms with Gasteiger partial charge in [0.2, 0.25) is 0 Å². The van der Waals surface area contributed by atoms with Gasteiger partial charge in [-0.05, 0) is 77.4 Å². The second kappa shape index (κ2) is 14.4. The summed E-state index contributed by atoms with van der Waals surface area (Å²) < 4.78 is 0. The summed E-state index contributed by atoms with van der Waals surface area (Å²) in [6.07, 6.45) is 0. The number of rotatable bonds is 12. The van der Waals surface area contributed by atoms with Crippen molar-refractivity contribution in [2.45, 2.75) is 48.1 Å². The Hall–Kier alpha value is -5.30. The second-order valence-corrected chi connectivity index (χ2v) is 14.2. The molecule has 6 rings (SSSR count). The molecular formula is C42H49N7. The van der Waals surface area contributed by atoms with Gasteiger partial charge in [0.25, 0.3) is 0 Å². The number of aromatic nitrogens is 3. The molecule has 0 radical (unpaired) electrons. The summed E-state index contributed by atoms with van der Waals surface area (Å²) in [6, 6.07) is 38.2. The van der Waals surface area contributed by atoms with Crippen LogP contribution in [0, 0.1) is 17.8 Å². The van der Waals surface area contributed by atoms with Gasteiger partial charge in [-0.15, -0.1) is 0 Å². The number of nitrogen functional groups attached to an aromatic ring is 2. The number of nitrogens with two attached hydrogens (primary N) is 2. The molecule has 0 aliphatic rings. The molecule has 1 aromatic heterocycles. The van der Waals surface area contributed by atoms with E-state index in [1.54, 1.807) is 4.80 Å². The van der Waals surface area contributed by atoms with Crippen molar-refractivity contribution < 1.29 is 0 Å². The monoisotopic (exact) mass is 651 g/mol. The predicted molar refractivity (Wildman–Crippen MR) is 209 cm³/mol. The van der Waals surface area contributed by atoms with Crippen LogP contribution in [0.1, 0.15) is 41.5 Å². The highest BCUT2D eigenvalue weighted by Crippen LogP contribution is 2.45. The van der Waals surface area contributed by atoms with Crippen LogP contribution in [-0.2, 0) is 6.54 Å². The van der Waals surface area contributed by atoms with Crippen LogP contribution in [0.15, 0.2) is 109 Å². The zero-order valence-corrected chi connectivity index (χ0v) is 29.6. The molecule has 0 bridgehead atoms.